The molecule has 0 bridgehead atoms. The molecule has 72 valence electrons. The molecule has 0 fully saturated rings. The molecule has 14 heavy (non-hydrogen) atoms. The molecule has 0 atom stereocenters. The van der Waals surface area contributed by atoms with Gasteiger partial charge in [-0.05, 0) is 37.1 Å². The summed E-state index contributed by atoms with van der Waals surface area (Å²) in [7, 11) is 3.58. The Hall–Kier alpha value is -0.498. The second-order valence-electron chi connectivity index (χ2n) is 2.68. The molecule has 0 heterocycles. The molecule has 0 unspecified atom stereocenters. The van der Waals surface area contributed by atoms with E-state index in [9.17, 15) is 0 Å². The van der Waals surface area contributed by atoms with Crippen LogP contribution in [-0.2, 0) is 0 Å². The zero-order chi connectivity index (χ0) is 10.3. The summed E-state index contributed by atoms with van der Waals surface area (Å²) in [5.74, 6) is 2.00. The molecule has 2 heteroatoms. The number of hydrogen-bond acceptors (Lipinski definition) is 1. The van der Waals surface area contributed by atoms with E-state index in [1.165, 1.54) is 11.1 Å². The number of rotatable bonds is 1. The zero-order valence-corrected chi connectivity index (χ0v) is 12.9. The molecule has 0 spiro atoms. The maximum Gasteiger partial charge on any atom is 2.00 e. The monoisotopic (exact) mass is 411 g/mol. The number of nitrogens with one attached hydrogen (secondary N) is 1. The van der Waals surface area contributed by atoms with E-state index in [0.717, 1.165) is 5.69 Å². The molecule has 1 N–H and O–H groups in total. The molecule has 0 saturated heterocycles. The minimum atomic E-state index is 0. The van der Waals surface area contributed by atoms with Crippen LogP contribution >= 0.6 is 0 Å². The summed E-state index contributed by atoms with van der Waals surface area (Å²) in [6.07, 6.45) is 4.49. The van der Waals surface area contributed by atoms with E-state index in [-0.39, 0.29) is 31.1 Å². The Labute approximate surface area is 111 Å². The fraction of sp³-hybridized carbons (Fsp3) is 0.167. The fourth-order valence-electron chi connectivity index (χ4n) is 0.851. The average Bonchev–Trinajstić information content (AvgIpc) is 2.11. The van der Waals surface area contributed by atoms with Gasteiger partial charge in [-0.15, -0.1) is 0 Å². The second kappa shape index (κ2) is 9.07. The molecule has 0 aliphatic carbocycles. The van der Waals surface area contributed by atoms with Crippen molar-refractivity contribution in [3.05, 3.63) is 43.3 Å². The minimum absolute atomic E-state index is 0. The molecule has 0 aliphatic rings. The maximum absolute atomic E-state index is 4.49. The first-order valence-electron chi connectivity index (χ1n) is 3.98. The Balaban J connectivity index is 0. The van der Waals surface area contributed by atoms with Gasteiger partial charge in [0.15, 0.2) is 0 Å². The molecule has 1 aromatic rings. The van der Waals surface area contributed by atoms with E-state index in [4.69, 9.17) is 0 Å². The van der Waals surface area contributed by atoms with Crippen molar-refractivity contribution in [2.24, 2.45) is 0 Å². The molecule has 0 aromatic heterocycles. The van der Waals surface area contributed by atoms with Crippen molar-refractivity contribution in [1.82, 2.24) is 0 Å². The van der Waals surface area contributed by atoms with Gasteiger partial charge in [-0.25, -0.2) is 0 Å². The minimum Gasteiger partial charge on any atom is -0.538 e. The molecule has 0 amide bonds. The third kappa shape index (κ3) is 6.03. The van der Waals surface area contributed by atoms with Gasteiger partial charge in [0.05, 0.1) is 0 Å². The van der Waals surface area contributed by atoms with Gasteiger partial charge in [-0.2, -0.15) is 6.92 Å². The Morgan fingerprint density at radius 1 is 1.29 bits per heavy atom. The zero-order valence-electron chi connectivity index (χ0n) is 8.72. The molecular weight excluding hydrogens is 396 g/mol. The van der Waals surface area contributed by atoms with E-state index < -0.39 is 0 Å². The van der Waals surface area contributed by atoms with Crippen molar-refractivity contribution in [2.45, 2.75) is 13.8 Å². The van der Waals surface area contributed by atoms with Crippen molar-refractivity contribution >= 4 is 5.69 Å². The first-order chi connectivity index (χ1) is 6.15. The van der Waals surface area contributed by atoms with Gasteiger partial charge in [0.25, 0.3) is 0 Å². The normalized spacial score (nSPS) is 7.29. The molecule has 0 radical (unpaired) electrons. The van der Waals surface area contributed by atoms with Crippen LogP contribution in [0.3, 0.4) is 0 Å². The van der Waals surface area contributed by atoms with Crippen LogP contribution in [0, 0.1) is 71.3 Å². The maximum atomic E-state index is 4.49. The van der Waals surface area contributed by atoms with Gasteiger partial charge in [-0.3, -0.25) is 7.05 Å². The van der Waals surface area contributed by atoms with E-state index in [1.54, 1.807) is 0 Å². The fourth-order valence-corrected chi connectivity index (χ4v) is 0.851. The second-order valence-corrected chi connectivity index (χ2v) is 2.68. The van der Waals surface area contributed by atoms with Crippen molar-refractivity contribution < 1.29 is 31.1 Å². The summed E-state index contributed by atoms with van der Waals surface area (Å²) in [5.41, 5.74) is 3.69. The van der Waals surface area contributed by atoms with Gasteiger partial charge in [0.2, 0.25) is 0 Å². The Bertz CT molecular complexity index is 300. The Kier molecular flexibility index (Phi) is 10.3. The summed E-state index contributed by atoms with van der Waals surface area (Å²) in [6.45, 7) is 7.21. The van der Waals surface area contributed by atoms with Crippen LogP contribution in [0.15, 0.2) is 18.2 Å². The van der Waals surface area contributed by atoms with Gasteiger partial charge in [0, 0.05) is 5.69 Å². The average molecular weight is 411 g/mol. The van der Waals surface area contributed by atoms with Crippen molar-refractivity contribution in [3.63, 3.8) is 0 Å². The quantitative estimate of drug-likeness (QED) is 0.554. The van der Waals surface area contributed by atoms with Crippen molar-refractivity contribution in [3.8, 4) is 12.3 Å². The van der Waals surface area contributed by atoms with Crippen LogP contribution in [0.5, 0.6) is 0 Å². The summed E-state index contributed by atoms with van der Waals surface area (Å²) >= 11 is 0. The molecule has 0 saturated carbocycles. The van der Waals surface area contributed by atoms with Crippen molar-refractivity contribution in [1.29, 1.82) is 0 Å². The number of aryl methyl sites for hydroxylation is 2. The van der Waals surface area contributed by atoms with Crippen LogP contribution in [0.2, 0.25) is 0 Å². The van der Waals surface area contributed by atoms with Gasteiger partial charge in [-0.1, -0.05) is 6.07 Å². The predicted octanol–water partition coefficient (Wildman–Crippen LogP) is 2.96. The Morgan fingerprint density at radius 3 is 2.14 bits per heavy atom. The predicted molar refractivity (Wildman–Crippen MR) is 59.1 cm³/mol. The Morgan fingerprint density at radius 2 is 1.79 bits per heavy atom. The van der Waals surface area contributed by atoms with Gasteiger partial charge < -0.3 is 17.7 Å². The van der Waals surface area contributed by atoms with E-state index in [2.05, 4.69) is 51.7 Å². The molecule has 1 rings (SSSR count). The summed E-state index contributed by atoms with van der Waals surface area (Å²) < 4.78 is 0. The topological polar surface area (TPSA) is 12.0 Å². The van der Waals surface area contributed by atoms with Gasteiger partial charge >= 0.3 is 31.1 Å². The van der Waals surface area contributed by atoms with E-state index in [1.807, 2.05) is 12.0 Å². The third-order valence-electron chi connectivity index (χ3n) is 1.71. The number of hydrogen-bond donors (Lipinski definition) is 1. The number of benzene rings is 1. The summed E-state index contributed by atoms with van der Waals surface area (Å²) in [5, 5.41) is 2.84. The van der Waals surface area contributed by atoms with Crippen LogP contribution in [0.4, 0.5) is 5.69 Å². The first kappa shape index (κ1) is 16.0. The number of terminal acetylenes is 1. The van der Waals surface area contributed by atoms with Crippen LogP contribution in [0.1, 0.15) is 11.1 Å². The molecule has 1 aromatic carbocycles. The molecule has 0 aliphatic heterocycles. The smallest absolute Gasteiger partial charge is 0.538 e. The third-order valence-corrected chi connectivity index (χ3v) is 1.71. The first-order valence-corrected chi connectivity index (χ1v) is 3.98. The molecular formula is C12H15NU. The van der Waals surface area contributed by atoms with Crippen LogP contribution < -0.4 is 5.32 Å². The van der Waals surface area contributed by atoms with Crippen molar-refractivity contribution in [2.75, 3.05) is 5.32 Å². The summed E-state index contributed by atoms with van der Waals surface area (Å²) in [4.78, 5) is 0. The van der Waals surface area contributed by atoms with E-state index >= 15 is 0 Å². The summed E-state index contributed by atoms with van der Waals surface area (Å²) in [6, 6.07) is 6.19. The van der Waals surface area contributed by atoms with E-state index in [0.29, 0.717) is 0 Å². The van der Waals surface area contributed by atoms with Crippen LogP contribution in [-0.4, -0.2) is 0 Å². The van der Waals surface area contributed by atoms with Gasteiger partial charge in [0.1, 0.15) is 0 Å². The molecule has 1 nitrogen and oxygen atoms in total. The standard InChI is InChI=1S/C9H12N.C3H3.U/c1-7-4-5-9(10-3)6-8(7)2;1-3-2;/h4-6,10H,3H2,1-2H3;1H,2H2;/q2*-1;+2. The largest absolute Gasteiger partial charge is 2.00 e. The van der Waals surface area contributed by atoms with Crippen LogP contribution in [0.25, 0.3) is 0 Å². The SMILES string of the molecule is C#C[CH2-].[CH2-]Nc1ccc(C)c(C)c1.[U+2]. The number of anilines is 1.